The smallest absolute Gasteiger partial charge is 0.214 e. The second kappa shape index (κ2) is 13.4. The summed E-state index contributed by atoms with van der Waals surface area (Å²) in [5, 5.41) is 5.02. The Morgan fingerprint density at radius 1 is 1.03 bits per heavy atom. The number of sulfone groups is 1. The van der Waals surface area contributed by atoms with E-state index < -0.39 is 9.84 Å². The lowest BCUT2D eigenvalue weighted by Crippen LogP contribution is -2.29. The lowest BCUT2D eigenvalue weighted by Gasteiger charge is -2.29. The van der Waals surface area contributed by atoms with E-state index in [1.54, 1.807) is 12.2 Å². The average molecular weight is 554 g/mol. The van der Waals surface area contributed by atoms with Crippen molar-refractivity contribution >= 4 is 27.4 Å². The first-order valence-electron chi connectivity index (χ1n) is 12.7. The van der Waals surface area contributed by atoms with Crippen molar-refractivity contribution in [2.45, 2.75) is 19.6 Å². The fourth-order valence-corrected chi connectivity index (χ4v) is 4.59. The highest BCUT2D eigenvalue weighted by molar-refractivity contribution is 7.90. The number of aromatic nitrogens is 2. The molecule has 0 bridgehead atoms. The summed E-state index contributed by atoms with van der Waals surface area (Å²) < 4.78 is 34.7. The van der Waals surface area contributed by atoms with Gasteiger partial charge in [-0.05, 0) is 43.3 Å². The van der Waals surface area contributed by atoms with E-state index in [0.29, 0.717) is 44.5 Å². The number of hydrogen-bond donors (Lipinski definition) is 1. The van der Waals surface area contributed by atoms with Crippen molar-refractivity contribution in [1.82, 2.24) is 19.9 Å². The van der Waals surface area contributed by atoms with Crippen LogP contribution in [0.15, 0.2) is 66.8 Å². The van der Waals surface area contributed by atoms with E-state index >= 15 is 0 Å². The van der Waals surface area contributed by atoms with Gasteiger partial charge in [-0.2, -0.15) is 0 Å². The first-order valence-corrected chi connectivity index (χ1v) is 14.8. The van der Waals surface area contributed by atoms with Crippen LogP contribution in [0.1, 0.15) is 23.2 Å². The molecule has 1 aliphatic heterocycles. The van der Waals surface area contributed by atoms with Crippen molar-refractivity contribution in [2.24, 2.45) is 0 Å². The predicted octanol–water partition coefficient (Wildman–Crippen LogP) is 3.86. The van der Waals surface area contributed by atoms with Gasteiger partial charge in [0.2, 0.25) is 5.88 Å². The van der Waals surface area contributed by atoms with Crippen molar-refractivity contribution in [1.29, 1.82) is 0 Å². The van der Waals surface area contributed by atoms with Gasteiger partial charge in [0.05, 0.1) is 31.7 Å². The molecule has 1 N–H and O–H groups in total. The van der Waals surface area contributed by atoms with Gasteiger partial charge in [-0.15, -0.1) is 0 Å². The molecule has 0 fully saturated rings. The van der Waals surface area contributed by atoms with Crippen LogP contribution in [0, 0.1) is 0 Å². The molecule has 0 saturated carbocycles. The number of rotatable bonds is 14. The van der Waals surface area contributed by atoms with E-state index in [2.05, 4.69) is 15.3 Å². The summed E-state index contributed by atoms with van der Waals surface area (Å²) in [4.78, 5) is 16.4. The van der Waals surface area contributed by atoms with E-state index in [-0.39, 0.29) is 5.75 Å². The molecule has 2 heterocycles. The lowest BCUT2D eigenvalue weighted by molar-refractivity contribution is -0.149. The van der Waals surface area contributed by atoms with Crippen molar-refractivity contribution < 1.29 is 22.7 Å². The van der Waals surface area contributed by atoms with Crippen LogP contribution in [0.25, 0.3) is 6.08 Å². The van der Waals surface area contributed by atoms with E-state index in [0.717, 1.165) is 34.7 Å². The normalized spacial score (nSPS) is 13.1. The van der Waals surface area contributed by atoms with Crippen molar-refractivity contribution in [3.05, 3.63) is 83.6 Å². The maximum atomic E-state index is 11.4. The van der Waals surface area contributed by atoms with Crippen molar-refractivity contribution in [2.75, 3.05) is 51.2 Å². The lowest BCUT2D eigenvalue weighted by atomic mass is 10.1. The number of nitrogens with one attached hydrogen (secondary N) is 1. The monoisotopic (exact) mass is 553 g/mol. The Kier molecular flexibility index (Phi) is 9.74. The summed E-state index contributed by atoms with van der Waals surface area (Å²) in [7, 11) is 0.511. The third kappa shape index (κ3) is 8.67. The number of benzene rings is 2. The summed E-state index contributed by atoms with van der Waals surface area (Å²) >= 11 is 0. The number of fused-ring (bicyclic) bond motifs is 1. The van der Waals surface area contributed by atoms with Crippen LogP contribution in [-0.4, -0.2) is 74.2 Å². The second-order valence-electron chi connectivity index (χ2n) is 9.34. The van der Waals surface area contributed by atoms with Gasteiger partial charge < -0.3 is 19.7 Å². The highest BCUT2D eigenvalue weighted by atomic mass is 32.2. The standard InChI is InChI=1S/C28H35N5O5S/c1-32(15-17-39(3,34)35)14-7-16-37-27-18-25-26(19-33(27)36-2)29-21-30-28(25)31-23-10-12-24(13-11-23)38-20-22-8-5-4-6-9-22/h4-6,8-13,18,21H,7,14-17,19-20H2,1-3H3,(H,29,30,31). The fraction of sp³-hybridized carbons (Fsp3) is 0.357. The molecular formula is C28H35N5O5S. The topological polar surface area (TPSA) is 106 Å². The predicted molar refractivity (Wildman–Crippen MR) is 151 cm³/mol. The van der Waals surface area contributed by atoms with Crippen LogP contribution in [-0.2, 0) is 32.6 Å². The Bertz CT molecular complexity index is 1350. The number of nitrogens with zero attached hydrogens (tertiary/aromatic N) is 4. The SMILES string of the molecule is CON1Cc2ncnc(Nc3ccc(OCc4ccccc4)cc3)c2C=C1OCCCN(C)CCS(C)(=O)=O. The van der Waals surface area contributed by atoms with Crippen molar-refractivity contribution in [3.63, 3.8) is 0 Å². The summed E-state index contributed by atoms with van der Waals surface area (Å²) in [6, 6.07) is 17.8. The highest BCUT2D eigenvalue weighted by Crippen LogP contribution is 2.30. The molecule has 0 radical (unpaired) electrons. The Hall–Kier alpha value is -3.67. The van der Waals surface area contributed by atoms with Gasteiger partial charge in [0, 0.05) is 36.7 Å². The van der Waals surface area contributed by atoms with Gasteiger partial charge in [-0.1, -0.05) is 30.3 Å². The summed E-state index contributed by atoms with van der Waals surface area (Å²) in [5.41, 5.74) is 3.62. The Balaban J connectivity index is 1.36. The molecule has 11 heteroatoms. The van der Waals surface area contributed by atoms with Crippen LogP contribution in [0.3, 0.4) is 0 Å². The Morgan fingerprint density at radius 3 is 2.51 bits per heavy atom. The number of hydrogen-bond acceptors (Lipinski definition) is 10. The molecule has 0 atom stereocenters. The Morgan fingerprint density at radius 2 is 1.79 bits per heavy atom. The molecule has 208 valence electrons. The van der Waals surface area contributed by atoms with Gasteiger partial charge in [0.1, 0.15) is 34.3 Å². The molecule has 1 aromatic heterocycles. The minimum atomic E-state index is -2.98. The van der Waals surface area contributed by atoms with E-state index in [4.69, 9.17) is 14.3 Å². The largest absolute Gasteiger partial charge is 0.489 e. The van der Waals surface area contributed by atoms with Crippen LogP contribution in [0.5, 0.6) is 5.75 Å². The molecule has 10 nitrogen and oxygen atoms in total. The van der Waals surface area contributed by atoms with Gasteiger partial charge in [-0.25, -0.2) is 23.4 Å². The molecule has 39 heavy (non-hydrogen) atoms. The van der Waals surface area contributed by atoms with Gasteiger partial charge in [0.25, 0.3) is 0 Å². The molecule has 0 spiro atoms. The number of hydroxylamine groups is 2. The zero-order valence-corrected chi connectivity index (χ0v) is 23.4. The molecular weight excluding hydrogens is 518 g/mol. The van der Waals surface area contributed by atoms with Crippen molar-refractivity contribution in [3.8, 4) is 5.75 Å². The van der Waals surface area contributed by atoms with Crippen LogP contribution < -0.4 is 10.1 Å². The zero-order chi connectivity index (χ0) is 27.7. The van der Waals surface area contributed by atoms with Gasteiger partial charge in [-0.3, -0.25) is 4.84 Å². The third-order valence-electron chi connectivity index (χ3n) is 6.14. The first-order chi connectivity index (χ1) is 18.8. The molecule has 0 unspecified atom stereocenters. The first kappa shape index (κ1) is 28.3. The van der Waals surface area contributed by atoms with Crippen LogP contribution >= 0.6 is 0 Å². The second-order valence-corrected chi connectivity index (χ2v) is 11.6. The van der Waals surface area contributed by atoms with E-state index in [1.165, 1.54) is 12.6 Å². The molecule has 4 rings (SSSR count). The number of ether oxygens (including phenoxy) is 2. The van der Waals surface area contributed by atoms with E-state index in [1.807, 2.05) is 72.6 Å². The maximum absolute atomic E-state index is 11.4. The molecule has 0 amide bonds. The van der Waals surface area contributed by atoms with E-state index in [9.17, 15) is 8.42 Å². The highest BCUT2D eigenvalue weighted by Gasteiger charge is 2.23. The zero-order valence-electron chi connectivity index (χ0n) is 22.5. The quantitative estimate of drug-likeness (QED) is 0.296. The van der Waals surface area contributed by atoms with Crippen LogP contribution in [0.2, 0.25) is 0 Å². The van der Waals surface area contributed by atoms with Gasteiger partial charge >= 0.3 is 0 Å². The molecule has 0 saturated heterocycles. The summed E-state index contributed by atoms with van der Waals surface area (Å²) in [6.07, 6.45) is 5.38. The van der Waals surface area contributed by atoms with Gasteiger partial charge in [0.15, 0.2) is 0 Å². The minimum Gasteiger partial charge on any atom is -0.489 e. The van der Waals surface area contributed by atoms with Crippen LogP contribution in [0.4, 0.5) is 11.5 Å². The average Bonchev–Trinajstić information content (AvgIpc) is 2.94. The Labute approximate surface area is 230 Å². The molecule has 1 aliphatic rings. The maximum Gasteiger partial charge on any atom is 0.214 e. The molecule has 0 aliphatic carbocycles. The number of anilines is 2. The molecule has 2 aromatic carbocycles. The summed E-state index contributed by atoms with van der Waals surface area (Å²) in [5.74, 6) is 2.15. The summed E-state index contributed by atoms with van der Waals surface area (Å²) in [6.45, 7) is 2.58. The molecule has 3 aromatic rings. The fourth-order valence-electron chi connectivity index (χ4n) is 3.94. The third-order valence-corrected chi connectivity index (χ3v) is 7.06. The minimum absolute atomic E-state index is 0.142.